The van der Waals surface area contributed by atoms with Crippen LogP contribution in [0.4, 0.5) is 0 Å². The van der Waals surface area contributed by atoms with Gasteiger partial charge in [-0.15, -0.1) is 11.3 Å². The van der Waals surface area contributed by atoms with Gasteiger partial charge in [-0.1, -0.05) is 17.7 Å². The van der Waals surface area contributed by atoms with Crippen LogP contribution in [0.1, 0.15) is 20.9 Å². The van der Waals surface area contributed by atoms with E-state index in [-0.39, 0.29) is 0 Å². The van der Waals surface area contributed by atoms with E-state index in [1.807, 2.05) is 31.2 Å². The second kappa shape index (κ2) is 6.39. The van der Waals surface area contributed by atoms with Gasteiger partial charge in [-0.05, 0) is 43.7 Å². The fourth-order valence-electron chi connectivity index (χ4n) is 1.83. The first-order chi connectivity index (χ1) is 9.54. The summed E-state index contributed by atoms with van der Waals surface area (Å²) in [5.74, 6) is -0.0573. The zero-order chi connectivity index (χ0) is 14.5. The summed E-state index contributed by atoms with van der Waals surface area (Å²) in [7, 11) is 0. The summed E-state index contributed by atoms with van der Waals surface area (Å²) >= 11 is 1.53. The second-order valence-corrected chi connectivity index (χ2v) is 5.73. The lowest BCUT2D eigenvalue weighted by atomic mass is 10.1. The Morgan fingerprint density at radius 1 is 1.30 bits per heavy atom. The highest BCUT2D eigenvalue weighted by Gasteiger charge is 2.02. The van der Waals surface area contributed by atoms with E-state index in [2.05, 4.69) is 13.0 Å². The molecule has 0 unspecified atom stereocenters. The summed E-state index contributed by atoms with van der Waals surface area (Å²) in [6, 6.07) is 9.94. The lowest BCUT2D eigenvalue weighted by Gasteiger charge is -2.08. The van der Waals surface area contributed by atoms with E-state index in [1.54, 1.807) is 6.08 Å². The predicted molar refractivity (Wildman–Crippen MR) is 81.2 cm³/mol. The van der Waals surface area contributed by atoms with Crippen LogP contribution in [0.2, 0.25) is 0 Å². The molecule has 0 aliphatic carbocycles. The molecule has 0 radical (unpaired) electrons. The monoisotopic (exact) mass is 288 g/mol. The van der Waals surface area contributed by atoms with Crippen LogP contribution >= 0.6 is 11.3 Å². The molecule has 0 aliphatic heterocycles. The highest BCUT2D eigenvalue weighted by molar-refractivity contribution is 7.12. The van der Waals surface area contributed by atoms with E-state index < -0.39 is 5.97 Å². The number of rotatable bonds is 5. The number of aryl methyl sites for hydroxylation is 2. The number of hydrogen-bond acceptors (Lipinski definition) is 3. The molecule has 0 spiro atoms. The average molecular weight is 288 g/mol. The first-order valence-electron chi connectivity index (χ1n) is 6.24. The topological polar surface area (TPSA) is 46.5 Å². The lowest BCUT2D eigenvalue weighted by Crippen LogP contribution is -1.95. The third-order valence-corrected chi connectivity index (χ3v) is 3.80. The largest absolute Gasteiger partial charge is 0.488 e. The molecule has 1 aromatic heterocycles. The Morgan fingerprint density at radius 3 is 2.80 bits per heavy atom. The summed E-state index contributed by atoms with van der Waals surface area (Å²) in [5.41, 5.74) is 2.33. The van der Waals surface area contributed by atoms with Gasteiger partial charge in [-0.25, -0.2) is 4.79 Å². The summed E-state index contributed by atoms with van der Waals surface area (Å²) in [6.45, 7) is 4.57. The van der Waals surface area contributed by atoms with Crippen LogP contribution in [0.3, 0.4) is 0 Å². The predicted octanol–water partition coefficient (Wildman–Crippen LogP) is 4.04. The third-order valence-electron chi connectivity index (χ3n) is 2.77. The van der Waals surface area contributed by atoms with Crippen molar-refractivity contribution in [3.63, 3.8) is 0 Å². The van der Waals surface area contributed by atoms with Gasteiger partial charge < -0.3 is 9.84 Å². The number of aliphatic carboxylic acids is 1. The van der Waals surface area contributed by atoms with Gasteiger partial charge in [0.1, 0.15) is 12.4 Å². The van der Waals surface area contributed by atoms with E-state index in [1.165, 1.54) is 16.9 Å². The van der Waals surface area contributed by atoms with Crippen LogP contribution in [0.5, 0.6) is 5.75 Å². The molecule has 0 atom stereocenters. The molecule has 2 aromatic rings. The van der Waals surface area contributed by atoms with E-state index >= 15 is 0 Å². The van der Waals surface area contributed by atoms with Crippen molar-refractivity contribution < 1.29 is 14.6 Å². The zero-order valence-corrected chi connectivity index (χ0v) is 12.2. The van der Waals surface area contributed by atoms with Crippen LogP contribution in [0.25, 0.3) is 6.08 Å². The Bertz CT molecular complexity index is 641. The van der Waals surface area contributed by atoms with Gasteiger partial charge in [-0.2, -0.15) is 0 Å². The third kappa shape index (κ3) is 3.96. The highest BCUT2D eigenvalue weighted by atomic mass is 32.1. The van der Waals surface area contributed by atoms with Crippen LogP contribution < -0.4 is 4.74 Å². The van der Waals surface area contributed by atoms with Gasteiger partial charge in [0.05, 0.1) is 0 Å². The molecule has 4 heteroatoms. The number of carbonyl (C=O) groups is 1. The summed E-state index contributed by atoms with van der Waals surface area (Å²) in [6.07, 6.45) is 2.73. The Balaban J connectivity index is 1.99. The minimum atomic E-state index is -0.938. The van der Waals surface area contributed by atoms with E-state index in [0.717, 1.165) is 27.1 Å². The summed E-state index contributed by atoms with van der Waals surface area (Å²) in [5, 5.41) is 8.58. The van der Waals surface area contributed by atoms with Gasteiger partial charge in [0, 0.05) is 15.8 Å². The maximum Gasteiger partial charge on any atom is 0.328 e. The Hall–Kier alpha value is -2.07. The molecule has 0 aliphatic rings. The molecule has 0 saturated heterocycles. The molecule has 0 amide bonds. The standard InChI is InChI=1S/C16H16O3S/c1-11-3-7-15(12(2)9-11)19-10-14-5-4-13(20-14)6-8-16(17)18/h3-9H,10H2,1-2H3,(H,17,18). The van der Waals surface area contributed by atoms with Gasteiger partial charge in [-0.3, -0.25) is 0 Å². The second-order valence-electron chi connectivity index (χ2n) is 4.53. The van der Waals surface area contributed by atoms with Crippen LogP contribution in [0, 0.1) is 13.8 Å². The first kappa shape index (κ1) is 14.3. The normalized spacial score (nSPS) is 10.9. The van der Waals surface area contributed by atoms with Crippen molar-refractivity contribution in [2.24, 2.45) is 0 Å². The minimum Gasteiger partial charge on any atom is -0.488 e. The van der Waals surface area contributed by atoms with Crippen LogP contribution in [0.15, 0.2) is 36.4 Å². The number of benzene rings is 1. The SMILES string of the molecule is Cc1ccc(OCc2ccc(C=CC(=O)O)s2)c(C)c1. The van der Waals surface area contributed by atoms with E-state index in [4.69, 9.17) is 9.84 Å². The number of thiophene rings is 1. The van der Waals surface area contributed by atoms with Gasteiger partial charge >= 0.3 is 5.97 Å². The van der Waals surface area contributed by atoms with Gasteiger partial charge in [0.15, 0.2) is 0 Å². The Kier molecular flexibility index (Phi) is 4.58. The van der Waals surface area contributed by atoms with Crippen molar-refractivity contribution in [1.82, 2.24) is 0 Å². The van der Waals surface area contributed by atoms with Crippen molar-refractivity contribution in [3.05, 3.63) is 57.3 Å². The molecule has 1 N–H and O–H groups in total. The lowest BCUT2D eigenvalue weighted by molar-refractivity contribution is -0.131. The molecule has 104 valence electrons. The molecular weight excluding hydrogens is 272 g/mol. The minimum absolute atomic E-state index is 0.496. The summed E-state index contributed by atoms with van der Waals surface area (Å²) < 4.78 is 5.79. The molecule has 0 saturated carbocycles. The maximum atomic E-state index is 10.4. The number of carboxylic acid groups (broad SMARTS) is 1. The smallest absolute Gasteiger partial charge is 0.328 e. The molecule has 2 rings (SSSR count). The van der Waals surface area contributed by atoms with Crippen molar-refractivity contribution in [2.75, 3.05) is 0 Å². The number of ether oxygens (including phenoxy) is 1. The zero-order valence-electron chi connectivity index (χ0n) is 11.4. The van der Waals surface area contributed by atoms with Crippen molar-refractivity contribution in [3.8, 4) is 5.75 Å². The van der Waals surface area contributed by atoms with Crippen molar-refractivity contribution in [1.29, 1.82) is 0 Å². The fraction of sp³-hybridized carbons (Fsp3) is 0.188. The molecule has 0 bridgehead atoms. The molecule has 20 heavy (non-hydrogen) atoms. The Morgan fingerprint density at radius 2 is 2.10 bits per heavy atom. The van der Waals surface area contributed by atoms with Crippen molar-refractivity contribution >= 4 is 23.4 Å². The van der Waals surface area contributed by atoms with Crippen LogP contribution in [-0.4, -0.2) is 11.1 Å². The Labute approximate surface area is 122 Å². The molecule has 1 aromatic carbocycles. The maximum absolute atomic E-state index is 10.4. The molecule has 0 fully saturated rings. The molecular formula is C16H16O3S. The fourth-order valence-corrected chi connectivity index (χ4v) is 2.65. The average Bonchev–Trinajstić information content (AvgIpc) is 2.83. The van der Waals surface area contributed by atoms with Crippen molar-refractivity contribution in [2.45, 2.75) is 20.5 Å². The first-order valence-corrected chi connectivity index (χ1v) is 7.06. The molecule has 3 nitrogen and oxygen atoms in total. The number of carboxylic acids is 1. The van der Waals surface area contributed by atoms with Crippen LogP contribution in [-0.2, 0) is 11.4 Å². The molecule has 1 heterocycles. The van der Waals surface area contributed by atoms with E-state index in [0.29, 0.717) is 6.61 Å². The number of hydrogen-bond donors (Lipinski definition) is 1. The van der Waals surface area contributed by atoms with E-state index in [9.17, 15) is 4.79 Å². The highest BCUT2D eigenvalue weighted by Crippen LogP contribution is 2.23. The summed E-state index contributed by atoms with van der Waals surface area (Å²) in [4.78, 5) is 12.4. The van der Waals surface area contributed by atoms with Gasteiger partial charge in [0.25, 0.3) is 0 Å². The van der Waals surface area contributed by atoms with Gasteiger partial charge in [0.2, 0.25) is 0 Å². The quantitative estimate of drug-likeness (QED) is 0.845.